The molecule has 2 nitrogen and oxygen atoms in total. The maximum atomic E-state index is 5.08. The lowest BCUT2D eigenvalue weighted by Crippen LogP contribution is -1.98. The normalized spacial score (nSPS) is 14.4. The van der Waals surface area contributed by atoms with Crippen LogP contribution in [0.25, 0.3) is 0 Å². The van der Waals surface area contributed by atoms with Gasteiger partial charge in [0.1, 0.15) is 18.5 Å². The molecular weight excluding hydrogens is 200 g/mol. The van der Waals surface area contributed by atoms with Gasteiger partial charge in [-0.3, -0.25) is 0 Å². The summed E-state index contributed by atoms with van der Waals surface area (Å²) in [6.07, 6.45) is 3.64. The van der Waals surface area contributed by atoms with Gasteiger partial charge in [-0.15, -0.1) is 6.58 Å². The van der Waals surface area contributed by atoms with Crippen LogP contribution in [-0.4, -0.2) is 19.3 Å². The summed E-state index contributed by atoms with van der Waals surface area (Å²) < 4.78 is 9.98. The highest BCUT2D eigenvalue weighted by atomic mass is 16.6. The molecule has 0 N–H and O–H groups in total. The summed E-state index contributed by atoms with van der Waals surface area (Å²) in [6, 6.07) is 0. The standard InChI is InChI=1S/C7H10O2.C3H6.2C2H6/c1-3-6(2)8-4-7-5-9-7;1-3-2;2*1-2/h3,7H,1-2,4-5H2;3H,1H2,2H3;2*1-2H3. The first kappa shape index (κ1) is 20.4. The highest BCUT2D eigenvalue weighted by Gasteiger charge is 2.22. The van der Waals surface area contributed by atoms with Gasteiger partial charge in [-0.1, -0.05) is 46.9 Å². The van der Waals surface area contributed by atoms with E-state index in [1.165, 1.54) is 0 Å². The second-order valence-corrected chi connectivity index (χ2v) is 2.35. The Kier molecular flexibility index (Phi) is 24.9. The van der Waals surface area contributed by atoms with Crippen LogP contribution in [-0.2, 0) is 9.47 Å². The van der Waals surface area contributed by atoms with Crippen LogP contribution in [0.15, 0.2) is 37.6 Å². The Balaban J connectivity index is -0.000000206. The smallest absolute Gasteiger partial charge is 0.117 e. The van der Waals surface area contributed by atoms with Gasteiger partial charge in [0.2, 0.25) is 0 Å². The summed E-state index contributed by atoms with van der Waals surface area (Å²) in [5.74, 6) is 0.616. The third kappa shape index (κ3) is 23.1. The van der Waals surface area contributed by atoms with Crippen molar-refractivity contribution in [3.8, 4) is 0 Å². The van der Waals surface area contributed by atoms with Crippen LogP contribution in [0.2, 0.25) is 0 Å². The molecule has 1 unspecified atom stereocenters. The van der Waals surface area contributed by atoms with Gasteiger partial charge in [-0.2, -0.15) is 0 Å². The van der Waals surface area contributed by atoms with Gasteiger partial charge in [0.25, 0.3) is 0 Å². The molecule has 0 saturated carbocycles. The molecule has 0 aromatic heterocycles. The Morgan fingerprint density at radius 1 is 1.31 bits per heavy atom. The molecule has 1 rings (SSSR count). The van der Waals surface area contributed by atoms with E-state index in [1.807, 2.05) is 34.6 Å². The number of ether oxygens (including phenoxy) is 2. The van der Waals surface area contributed by atoms with Crippen LogP contribution >= 0.6 is 0 Å². The second-order valence-electron chi connectivity index (χ2n) is 2.35. The van der Waals surface area contributed by atoms with Crippen molar-refractivity contribution in [2.45, 2.75) is 40.7 Å². The first-order valence-electron chi connectivity index (χ1n) is 5.87. The Morgan fingerprint density at radius 2 is 1.69 bits per heavy atom. The van der Waals surface area contributed by atoms with E-state index in [0.717, 1.165) is 6.61 Å². The van der Waals surface area contributed by atoms with Gasteiger partial charge in [0.05, 0.1) is 6.61 Å². The van der Waals surface area contributed by atoms with Crippen LogP contribution < -0.4 is 0 Å². The van der Waals surface area contributed by atoms with Crippen LogP contribution in [0.1, 0.15) is 34.6 Å². The minimum atomic E-state index is 0.307. The number of allylic oxidation sites excluding steroid dienone is 2. The maximum Gasteiger partial charge on any atom is 0.117 e. The molecule has 0 radical (unpaired) electrons. The van der Waals surface area contributed by atoms with Crippen molar-refractivity contribution >= 4 is 0 Å². The molecule has 0 spiro atoms. The Morgan fingerprint density at radius 3 is 1.94 bits per heavy atom. The lowest BCUT2D eigenvalue weighted by molar-refractivity contribution is 0.194. The van der Waals surface area contributed by atoms with Crippen molar-refractivity contribution < 1.29 is 9.47 Å². The van der Waals surface area contributed by atoms with Gasteiger partial charge < -0.3 is 9.47 Å². The third-order valence-electron chi connectivity index (χ3n) is 1.08. The van der Waals surface area contributed by atoms with Gasteiger partial charge in [-0.05, 0) is 13.0 Å². The first-order valence-corrected chi connectivity index (χ1v) is 5.87. The lowest BCUT2D eigenvalue weighted by atomic mass is 10.5. The van der Waals surface area contributed by atoms with Crippen LogP contribution in [0.5, 0.6) is 0 Å². The summed E-state index contributed by atoms with van der Waals surface area (Å²) in [5.41, 5.74) is 0. The van der Waals surface area contributed by atoms with E-state index in [1.54, 1.807) is 12.2 Å². The molecule has 0 bridgehead atoms. The number of hydrogen-bond donors (Lipinski definition) is 0. The fourth-order valence-electron chi connectivity index (χ4n) is 0.423. The summed E-state index contributed by atoms with van der Waals surface area (Å²) in [7, 11) is 0. The molecule has 1 saturated heterocycles. The monoisotopic (exact) mass is 228 g/mol. The topological polar surface area (TPSA) is 21.8 Å². The minimum absolute atomic E-state index is 0.307. The van der Waals surface area contributed by atoms with E-state index >= 15 is 0 Å². The zero-order valence-corrected chi connectivity index (χ0v) is 11.6. The maximum absolute atomic E-state index is 5.08. The molecule has 1 aliphatic heterocycles. The van der Waals surface area contributed by atoms with Gasteiger partial charge in [0, 0.05) is 0 Å². The molecule has 2 heteroatoms. The zero-order valence-electron chi connectivity index (χ0n) is 11.6. The molecule has 1 fully saturated rings. The molecular formula is C14H28O2. The van der Waals surface area contributed by atoms with E-state index in [9.17, 15) is 0 Å². The lowest BCUT2D eigenvalue weighted by Gasteiger charge is -2.00. The number of rotatable bonds is 4. The molecule has 0 amide bonds. The van der Waals surface area contributed by atoms with Crippen molar-refractivity contribution in [2.75, 3.05) is 13.2 Å². The van der Waals surface area contributed by atoms with E-state index in [2.05, 4.69) is 19.7 Å². The van der Waals surface area contributed by atoms with Gasteiger partial charge >= 0.3 is 0 Å². The van der Waals surface area contributed by atoms with Crippen LogP contribution in [0.4, 0.5) is 0 Å². The van der Waals surface area contributed by atoms with E-state index in [4.69, 9.17) is 9.47 Å². The van der Waals surface area contributed by atoms with Crippen molar-refractivity contribution in [1.82, 2.24) is 0 Å². The van der Waals surface area contributed by atoms with E-state index < -0.39 is 0 Å². The van der Waals surface area contributed by atoms with Crippen LogP contribution in [0.3, 0.4) is 0 Å². The molecule has 0 aromatic rings. The molecule has 16 heavy (non-hydrogen) atoms. The second kappa shape index (κ2) is 19.5. The first-order chi connectivity index (χ1) is 7.74. The third-order valence-corrected chi connectivity index (χ3v) is 1.08. The van der Waals surface area contributed by atoms with Crippen LogP contribution in [0, 0.1) is 0 Å². The average Bonchev–Trinajstić information content (AvgIpc) is 3.16. The Bertz CT molecular complexity index is 158. The number of hydrogen-bond acceptors (Lipinski definition) is 2. The molecule has 1 atom stereocenters. The largest absolute Gasteiger partial charge is 0.491 e. The minimum Gasteiger partial charge on any atom is -0.491 e. The van der Waals surface area contributed by atoms with Crippen molar-refractivity contribution in [3.05, 3.63) is 37.6 Å². The average molecular weight is 228 g/mol. The predicted molar refractivity (Wildman–Crippen MR) is 73.6 cm³/mol. The summed E-state index contributed by atoms with van der Waals surface area (Å²) in [6.45, 7) is 21.8. The highest BCUT2D eigenvalue weighted by molar-refractivity contribution is 5.02. The van der Waals surface area contributed by atoms with E-state index in [0.29, 0.717) is 18.5 Å². The number of epoxide rings is 1. The van der Waals surface area contributed by atoms with E-state index in [-0.39, 0.29) is 0 Å². The highest BCUT2D eigenvalue weighted by Crippen LogP contribution is 2.10. The molecule has 0 aliphatic carbocycles. The Hall–Kier alpha value is -1.02. The quantitative estimate of drug-likeness (QED) is 0.309. The molecule has 0 aromatic carbocycles. The summed E-state index contributed by atoms with van der Waals surface area (Å²) in [4.78, 5) is 0. The molecule has 96 valence electrons. The fourth-order valence-corrected chi connectivity index (χ4v) is 0.423. The summed E-state index contributed by atoms with van der Waals surface area (Å²) in [5, 5.41) is 0. The zero-order chi connectivity index (χ0) is 13.4. The van der Waals surface area contributed by atoms with Crippen molar-refractivity contribution in [1.29, 1.82) is 0 Å². The Labute approximate surface area is 102 Å². The van der Waals surface area contributed by atoms with Gasteiger partial charge in [0.15, 0.2) is 0 Å². The SMILES string of the molecule is C=CC.C=CC(=C)OCC1CO1.CC.CC. The molecule has 1 heterocycles. The van der Waals surface area contributed by atoms with Crippen molar-refractivity contribution in [3.63, 3.8) is 0 Å². The predicted octanol–water partition coefficient (Wildman–Crippen LogP) is 4.35. The molecule has 1 aliphatic rings. The fraction of sp³-hybridized carbons (Fsp3) is 0.571. The summed E-state index contributed by atoms with van der Waals surface area (Å²) >= 11 is 0. The van der Waals surface area contributed by atoms with Crippen molar-refractivity contribution in [2.24, 2.45) is 0 Å². The van der Waals surface area contributed by atoms with Gasteiger partial charge in [-0.25, -0.2) is 0 Å².